The Morgan fingerprint density at radius 2 is 1.76 bits per heavy atom. The number of nitrogens with zero attached hydrogens (tertiary/aromatic N) is 5. The Morgan fingerprint density at radius 1 is 1.03 bits per heavy atom. The molecular formula is C20H15F4N7O2. The van der Waals surface area contributed by atoms with E-state index < -0.39 is 36.9 Å². The van der Waals surface area contributed by atoms with E-state index in [1.54, 1.807) is 6.07 Å². The third kappa shape index (κ3) is 5.14. The van der Waals surface area contributed by atoms with Crippen molar-refractivity contribution in [3.05, 3.63) is 66.0 Å². The van der Waals surface area contributed by atoms with E-state index in [4.69, 9.17) is 10.5 Å². The van der Waals surface area contributed by atoms with Gasteiger partial charge < -0.3 is 20.4 Å². The van der Waals surface area contributed by atoms with Gasteiger partial charge in [-0.3, -0.25) is 4.79 Å². The van der Waals surface area contributed by atoms with Crippen LogP contribution in [0.15, 0.2) is 48.5 Å². The maximum atomic E-state index is 13.4. The normalized spacial score (nSPS) is 11.5. The largest absolute Gasteiger partial charge is 0.456 e. The molecule has 0 atom stereocenters. The summed E-state index contributed by atoms with van der Waals surface area (Å²) in [7, 11) is 0. The van der Waals surface area contributed by atoms with Crippen molar-refractivity contribution in [2.45, 2.75) is 19.3 Å². The molecule has 0 spiro atoms. The fourth-order valence-electron chi connectivity index (χ4n) is 2.99. The summed E-state index contributed by atoms with van der Waals surface area (Å²) in [5.74, 6) is -2.80. The van der Waals surface area contributed by atoms with E-state index in [0.29, 0.717) is 5.69 Å². The van der Waals surface area contributed by atoms with Crippen LogP contribution in [-0.2, 0) is 28.9 Å². The van der Waals surface area contributed by atoms with Crippen molar-refractivity contribution in [3.8, 4) is 0 Å². The Kier molecular flexibility index (Phi) is 5.77. The molecule has 0 amide bonds. The summed E-state index contributed by atoms with van der Waals surface area (Å²) in [4.78, 5) is 27.7. The van der Waals surface area contributed by atoms with Crippen molar-refractivity contribution < 1.29 is 27.1 Å². The SMILES string of the molecule is Nc1nc(COC(=O)Cn2c(C(F)(F)F)nc3ccccc32)nc(Nc2ccc(F)cc2)n1. The van der Waals surface area contributed by atoms with Crippen LogP contribution in [0.25, 0.3) is 11.0 Å². The van der Waals surface area contributed by atoms with Gasteiger partial charge in [0.25, 0.3) is 0 Å². The van der Waals surface area contributed by atoms with Crippen molar-refractivity contribution in [3.63, 3.8) is 0 Å². The van der Waals surface area contributed by atoms with Gasteiger partial charge in [0.15, 0.2) is 12.4 Å². The number of anilines is 3. The topological polar surface area (TPSA) is 121 Å². The second kappa shape index (κ2) is 8.68. The zero-order chi connectivity index (χ0) is 23.6. The number of nitrogens with one attached hydrogen (secondary N) is 1. The number of alkyl halides is 3. The average molecular weight is 461 g/mol. The van der Waals surface area contributed by atoms with Crippen LogP contribution in [0.1, 0.15) is 11.6 Å². The second-order valence-corrected chi connectivity index (χ2v) is 6.73. The number of carbonyl (C=O) groups is 1. The van der Waals surface area contributed by atoms with E-state index in [1.807, 2.05) is 0 Å². The van der Waals surface area contributed by atoms with Gasteiger partial charge in [0.2, 0.25) is 17.7 Å². The van der Waals surface area contributed by atoms with Crippen LogP contribution >= 0.6 is 0 Å². The lowest BCUT2D eigenvalue weighted by molar-refractivity contribution is -0.151. The third-order valence-corrected chi connectivity index (χ3v) is 4.36. The summed E-state index contributed by atoms with van der Waals surface area (Å²) in [6, 6.07) is 11.3. The van der Waals surface area contributed by atoms with Crippen LogP contribution in [0.2, 0.25) is 0 Å². The summed E-state index contributed by atoms with van der Waals surface area (Å²) in [5, 5.41) is 2.79. The number of nitrogens with two attached hydrogens (primary N) is 1. The van der Waals surface area contributed by atoms with Gasteiger partial charge in [-0.1, -0.05) is 12.1 Å². The predicted octanol–water partition coefficient (Wildman–Crippen LogP) is 3.45. The molecule has 0 fully saturated rings. The maximum Gasteiger partial charge on any atom is 0.449 e. The van der Waals surface area contributed by atoms with Gasteiger partial charge >= 0.3 is 12.1 Å². The van der Waals surface area contributed by atoms with Gasteiger partial charge in [0.05, 0.1) is 11.0 Å². The molecule has 0 aliphatic carbocycles. The quantitative estimate of drug-likeness (QED) is 0.331. The van der Waals surface area contributed by atoms with Crippen molar-refractivity contribution >= 4 is 34.6 Å². The lowest BCUT2D eigenvalue weighted by Crippen LogP contribution is -2.21. The summed E-state index contributed by atoms with van der Waals surface area (Å²) in [6.45, 7) is -1.19. The molecule has 4 rings (SSSR count). The fraction of sp³-hybridized carbons (Fsp3) is 0.150. The molecule has 4 aromatic rings. The molecule has 13 heteroatoms. The smallest absolute Gasteiger partial charge is 0.449 e. The van der Waals surface area contributed by atoms with E-state index in [-0.39, 0.29) is 28.8 Å². The van der Waals surface area contributed by atoms with E-state index in [9.17, 15) is 22.4 Å². The Hall–Kier alpha value is -4.29. The van der Waals surface area contributed by atoms with Crippen LogP contribution < -0.4 is 11.1 Å². The summed E-state index contributed by atoms with van der Waals surface area (Å²) in [6.07, 6.45) is -4.76. The maximum absolute atomic E-state index is 13.4. The molecule has 2 heterocycles. The number of imidazole rings is 1. The van der Waals surface area contributed by atoms with Gasteiger partial charge in [-0.15, -0.1) is 0 Å². The van der Waals surface area contributed by atoms with Crippen LogP contribution in [0.4, 0.5) is 35.1 Å². The lowest BCUT2D eigenvalue weighted by atomic mass is 10.3. The number of carbonyl (C=O) groups excluding carboxylic acids is 1. The molecular weight excluding hydrogens is 446 g/mol. The number of ether oxygens (including phenoxy) is 1. The third-order valence-electron chi connectivity index (χ3n) is 4.36. The van der Waals surface area contributed by atoms with Gasteiger partial charge in [0.1, 0.15) is 12.4 Å². The van der Waals surface area contributed by atoms with Crippen molar-refractivity contribution in [1.29, 1.82) is 0 Å². The molecule has 2 aromatic carbocycles. The minimum Gasteiger partial charge on any atom is -0.456 e. The summed E-state index contributed by atoms with van der Waals surface area (Å²) < 4.78 is 58.9. The summed E-state index contributed by atoms with van der Waals surface area (Å²) >= 11 is 0. The molecule has 3 N–H and O–H groups in total. The van der Waals surface area contributed by atoms with Gasteiger partial charge in [-0.25, -0.2) is 9.37 Å². The number of rotatable bonds is 6. The minimum absolute atomic E-state index is 0.0140. The number of benzene rings is 2. The van der Waals surface area contributed by atoms with E-state index in [0.717, 1.165) is 4.57 Å². The van der Waals surface area contributed by atoms with Crippen molar-refractivity contribution in [2.75, 3.05) is 11.1 Å². The molecule has 9 nitrogen and oxygen atoms in total. The van der Waals surface area contributed by atoms with E-state index in [1.165, 1.54) is 42.5 Å². The predicted molar refractivity (Wildman–Crippen MR) is 108 cm³/mol. The first kappa shape index (κ1) is 21.9. The molecule has 0 saturated carbocycles. The number of esters is 1. The molecule has 0 saturated heterocycles. The Balaban J connectivity index is 1.47. The molecule has 170 valence electrons. The minimum atomic E-state index is -4.76. The van der Waals surface area contributed by atoms with Crippen molar-refractivity contribution in [2.24, 2.45) is 0 Å². The number of halogens is 4. The van der Waals surface area contributed by atoms with Crippen molar-refractivity contribution in [1.82, 2.24) is 24.5 Å². The zero-order valence-electron chi connectivity index (χ0n) is 16.7. The number of nitrogen functional groups attached to an aromatic ring is 1. The number of para-hydroxylation sites is 2. The molecule has 0 unspecified atom stereocenters. The average Bonchev–Trinajstić information content (AvgIpc) is 3.13. The highest BCUT2D eigenvalue weighted by Crippen LogP contribution is 2.31. The monoisotopic (exact) mass is 461 g/mol. The Morgan fingerprint density at radius 3 is 2.48 bits per heavy atom. The molecule has 0 aliphatic rings. The highest BCUT2D eigenvalue weighted by molar-refractivity contribution is 5.79. The first-order valence-corrected chi connectivity index (χ1v) is 9.40. The molecule has 2 aromatic heterocycles. The lowest BCUT2D eigenvalue weighted by Gasteiger charge is -2.11. The first-order valence-electron chi connectivity index (χ1n) is 9.40. The van der Waals surface area contributed by atoms with E-state index >= 15 is 0 Å². The Bertz CT molecular complexity index is 1310. The van der Waals surface area contributed by atoms with Gasteiger partial charge in [0, 0.05) is 5.69 Å². The number of hydrogen-bond acceptors (Lipinski definition) is 8. The van der Waals surface area contributed by atoms with Crippen LogP contribution in [0.3, 0.4) is 0 Å². The van der Waals surface area contributed by atoms with E-state index in [2.05, 4.69) is 25.3 Å². The second-order valence-electron chi connectivity index (χ2n) is 6.73. The number of fused-ring (bicyclic) bond motifs is 1. The molecule has 0 aliphatic heterocycles. The van der Waals surface area contributed by atoms with Gasteiger partial charge in [-0.2, -0.15) is 28.1 Å². The first-order chi connectivity index (χ1) is 15.7. The highest BCUT2D eigenvalue weighted by atomic mass is 19.4. The van der Waals surface area contributed by atoms with Crippen LogP contribution in [0.5, 0.6) is 0 Å². The molecule has 0 radical (unpaired) electrons. The molecule has 33 heavy (non-hydrogen) atoms. The zero-order valence-corrected chi connectivity index (χ0v) is 16.7. The van der Waals surface area contributed by atoms with Crippen LogP contribution in [-0.4, -0.2) is 30.5 Å². The standard InChI is InChI=1S/C20H15F4N7O2/c21-11-5-7-12(8-6-11)26-19-29-15(28-18(25)30-19)10-33-16(32)9-31-14-4-2-1-3-13(14)27-17(31)20(22,23)24/h1-8H,9-10H2,(H3,25,26,28,29,30). The molecule has 0 bridgehead atoms. The van der Waals surface area contributed by atoms with Crippen LogP contribution in [0, 0.1) is 5.82 Å². The number of hydrogen-bond donors (Lipinski definition) is 2. The van der Waals surface area contributed by atoms with Gasteiger partial charge in [-0.05, 0) is 36.4 Å². The fourth-order valence-corrected chi connectivity index (χ4v) is 2.99. The number of aromatic nitrogens is 5. The summed E-state index contributed by atoms with van der Waals surface area (Å²) in [5.41, 5.74) is 6.34. The highest BCUT2D eigenvalue weighted by Gasteiger charge is 2.38. The Labute approximate surface area is 183 Å².